The van der Waals surface area contributed by atoms with Crippen LogP contribution in [-0.2, 0) is 13.1 Å². The van der Waals surface area contributed by atoms with Gasteiger partial charge in [0.2, 0.25) is 0 Å². The van der Waals surface area contributed by atoms with Crippen LogP contribution in [0.25, 0.3) is 0 Å². The summed E-state index contributed by atoms with van der Waals surface area (Å²) in [5.74, 6) is 0. The molecule has 0 spiro atoms. The molecule has 2 heterocycles. The van der Waals surface area contributed by atoms with E-state index in [0.29, 0.717) is 0 Å². The Balaban J connectivity index is 1.89. The number of hydrogen-bond acceptors (Lipinski definition) is 1. The molecule has 1 aromatic rings. The van der Waals surface area contributed by atoms with Crippen molar-refractivity contribution >= 4 is 0 Å². The van der Waals surface area contributed by atoms with Crippen molar-refractivity contribution in [1.82, 2.24) is 9.47 Å². The van der Waals surface area contributed by atoms with Gasteiger partial charge in [-0.3, -0.25) is 4.90 Å². The summed E-state index contributed by atoms with van der Waals surface area (Å²) in [7, 11) is 0. The standard InChI is InChI=1S/C14H24N2/c1-2-3-11-16-12-7-8-14(16)13-15-9-5-4-6-10-15/h7-8,12H,2-6,9-11,13H2,1H3. The van der Waals surface area contributed by atoms with Crippen LogP contribution in [0.5, 0.6) is 0 Å². The number of rotatable bonds is 5. The largest absolute Gasteiger partial charge is 0.350 e. The third-order valence-corrected chi connectivity index (χ3v) is 3.51. The van der Waals surface area contributed by atoms with E-state index in [4.69, 9.17) is 0 Å². The highest BCUT2D eigenvalue weighted by atomic mass is 15.1. The first-order chi connectivity index (χ1) is 7.90. The average Bonchev–Trinajstić information content (AvgIpc) is 2.75. The predicted molar refractivity (Wildman–Crippen MR) is 68.5 cm³/mol. The number of piperidine rings is 1. The summed E-state index contributed by atoms with van der Waals surface area (Å²) in [4.78, 5) is 2.60. The van der Waals surface area contributed by atoms with Crippen molar-refractivity contribution in [2.45, 2.75) is 52.1 Å². The monoisotopic (exact) mass is 220 g/mol. The van der Waals surface area contributed by atoms with Gasteiger partial charge in [0.25, 0.3) is 0 Å². The lowest BCUT2D eigenvalue weighted by Crippen LogP contribution is -2.30. The zero-order chi connectivity index (χ0) is 11.2. The minimum atomic E-state index is 1.15. The summed E-state index contributed by atoms with van der Waals surface area (Å²) in [6.07, 6.45) is 9.00. The van der Waals surface area contributed by atoms with E-state index in [2.05, 4.69) is 34.7 Å². The van der Waals surface area contributed by atoms with Gasteiger partial charge in [-0.25, -0.2) is 0 Å². The molecule has 2 rings (SSSR count). The molecule has 0 N–H and O–H groups in total. The smallest absolute Gasteiger partial charge is 0.0387 e. The number of likely N-dealkylation sites (tertiary alicyclic amines) is 1. The van der Waals surface area contributed by atoms with E-state index < -0.39 is 0 Å². The van der Waals surface area contributed by atoms with Crippen LogP contribution in [0.4, 0.5) is 0 Å². The van der Waals surface area contributed by atoms with Crippen LogP contribution in [0.2, 0.25) is 0 Å². The molecule has 2 heteroatoms. The van der Waals surface area contributed by atoms with Crippen LogP contribution in [0, 0.1) is 0 Å². The Morgan fingerprint density at radius 1 is 1.19 bits per heavy atom. The van der Waals surface area contributed by atoms with E-state index >= 15 is 0 Å². The molecule has 90 valence electrons. The van der Waals surface area contributed by atoms with Gasteiger partial charge in [0.05, 0.1) is 0 Å². The molecule has 0 saturated carbocycles. The third kappa shape index (κ3) is 3.11. The van der Waals surface area contributed by atoms with Gasteiger partial charge in [0.1, 0.15) is 0 Å². The highest BCUT2D eigenvalue weighted by Crippen LogP contribution is 2.14. The highest BCUT2D eigenvalue weighted by Gasteiger charge is 2.11. The van der Waals surface area contributed by atoms with Gasteiger partial charge in [-0.1, -0.05) is 19.8 Å². The normalized spacial score (nSPS) is 17.8. The van der Waals surface area contributed by atoms with Crippen molar-refractivity contribution in [3.05, 3.63) is 24.0 Å². The molecule has 1 fully saturated rings. The van der Waals surface area contributed by atoms with Crippen molar-refractivity contribution in [3.63, 3.8) is 0 Å². The van der Waals surface area contributed by atoms with Gasteiger partial charge in [-0.05, 0) is 44.5 Å². The average molecular weight is 220 g/mol. The molecule has 1 aliphatic heterocycles. The van der Waals surface area contributed by atoms with Gasteiger partial charge >= 0.3 is 0 Å². The van der Waals surface area contributed by atoms with E-state index in [1.165, 1.54) is 57.4 Å². The van der Waals surface area contributed by atoms with Gasteiger partial charge in [-0.15, -0.1) is 0 Å². The maximum atomic E-state index is 2.60. The fourth-order valence-electron chi connectivity index (χ4n) is 2.49. The van der Waals surface area contributed by atoms with Gasteiger partial charge in [0.15, 0.2) is 0 Å². The molecule has 16 heavy (non-hydrogen) atoms. The molecule has 2 nitrogen and oxygen atoms in total. The van der Waals surface area contributed by atoms with Crippen LogP contribution in [0.3, 0.4) is 0 Å². The minimum absolute atomic E-state index is 1.15. The second-order valence-corrected chi connectivity index (χ2v) is 4.88. The number of aryl methyl sites for hydroxylation is 1. The first-order valence-electron chi connectivity index (χ1n) is 6.76. The van der Waals surface area contributed by atoms with Crippen LogP contribution < -0.4 is 0 Å². The summed E-state index contributed by atoms with van der Waals surface area (Å²) in [6.45, 7) is 7.18. The molecular weight excluding hydrogens is 196 g/mol. The summed E-state index contributed by atoms with van der Waals surface area (Å²) >= 11 is 0. The molecule has 0 amide bonds. The molecular formula is C14H24N2. The van der Waals surface area contributed by atoms with Crippen LogP contribution in [0.15, 0.2) is 18.3 Å². The maximum Gasteiger partial charge on any atom is 0.0387 e. The number of hydrogen-bond donors (Lipinski definition) is 0. The first-order valence-corrected chi connectivity index (χ1v) is 6.76. The summed E-state index contributed by atoms with van der Waals surface area (Å²) in [6, 6.07) is 4.47. The lowest BCUT2D eigenvalue weighted by molar-refractivity contribution is 0.215. The quantitative estimate of drug-likeness (QED) is 0.739. The third-order valence-electron chi connectivity index (χ3n) is 3.51. The Bertz CT molecular complexity index is 297. The highest BCUT2D eigenvalue weighted by molar-refractivity contribution is 5.07. The Kier molecular flexibility index (Phi) is 4.46. The molecule has 0 aliphatic carbocycles. The first kappa shape index (κ1) is 11.7. The van der Waals surface area contributed by atoms with Gasteiger partial charge in [-0.2, -0.15) is 0 Å². The molecule has 0 unspecified atom stereocenters. The molecule has 0 atom stereocenters. The number of nitrogens with zero attached hydrogens (tertiary/aromatic N) is 2. The SMILES string of the molecule is CCCCn1cccc1CN1CCCCC1. The van der Waals surface area contributed by atoms with E-state index in [0.717, 1.165) is 6.54 Å². The lowest BCUT2D eigenvalue weighted by atomic mass is 10.1. The van der Waals surface area contributed by atoms with Gasteiger partial charge < -0.3 is 4.57 Å². The van der Waals surface area contributed by atoms with Crippen molar-refractivity contribution in [3.8, 4) is 0 Å². The summed E-state index contributed by atoms with van der Waals surface area (Å²) in [5.41, 5.74) is 1.50. The van der Waals surface area contributed by atoms with Crippen molar-refractivity contribution < 1.29 is 0 Å². The predicted octanol–water partition coefficient (Wildman–Crippen LogP) is 3.27. The second kappa shape index (κ2) is 6.09. The fraction of sp³-hybridized carbons (Fsp3) is 0.714. The van der Waals surface area contributed by atoms with E-state index in [9.17, 15) is 0 Å². The Morgan fingerprint density at radius 2 is 2.00 bits per heavy atom. The molecule has 1 aromatic heterocycles. The molecule has 0 radical (unpaired) electrons. The van der Waals surface area contributed by atoms with Crippen molar-refractivity contribution in [1.29, 1.82) is 0 Å². The zero-order valence-electron chi connectivity index (χ0n) is 10.5. The molecule has 0 aromatic carbocycles. The van der Waals surface area contributed by atoms with Gasteiger partial charge in [0, 0.05) is 25.0 Å². The fourth-order valence-corrected chi connectivity index (χ4v) is 2.49. The van der Waals surface area contributed by atoms with E-state index in [-0.39, 0.29) is 0 Å². The van der Waals surface area contributed by atoms with Crippen LogP contribution in [-0.4, -0.2) is 22.6 Å². The Hall–Kier alpha value is -0.760. The van der Waals surface area contributed by atoms with Crippen molar-refractivity contribution in [2.24, 2.45) is 0 Å². The summed E-state index contributed by atoms with van der Waals surface area (Å²) < 4.78 is 2.43. The Labute approximate surface area is 99.3 Å². The minimum Gasteiger partial charge on any atom is -0.350 e. The zero-order valence-corrected chi connectivity index (χ0v) is 10.5. The van der Waals surface area contributed by atoms with Crippen molar-refractivity contribution in [2.75, 3.05) is 13.1 Å². The topological polar surface area (TPSA) is 8.17 Å². The van der Waals surface area contributed by atoms with Crippen LogP contribution in [0.1, 0.15) is 44.7 Å². The lowest BCUT2D eigenvalue weighted by Gasteiger charge is -2.26. The summed E-state index contributed by atoms with van der Waals surface area (Å²) in [5, 5.41) is 0. The molecule has 1 saturated heterocycles. The van der Waals surface area contributed by atoms with Crippen LogP contribution >= 0.6 is 0 Å². The number of aromatic nitrogens is 1. The second-order valence-electron chi connectivity index (χ2n) is 4.88. The molecule has 0 bridgehead atoms. The number of unbranched alkanes of at least 4 members (excludes halogenated alkanes) is 1. The van der Waals surface area contributed by atoms with E-state index in [1.807, 2.05) is 0 Å². The maximum absolute atomic E-state index is 2.60. The Morgan fingerprint density at radius 3 is 2.75 bits per heavy atom. The molecule has 1 aliphatic rings. The van der Waals surface area contributed by atoms with E-state index in [1.54, 1.807) is 0 Å².